The van der Waals surface area contributed by atoms with Gasteiger partial charge < -0.3 is 15.0 Å². The van der Waals surface area contributed by atoms with E-state index in [2.05, 4.69) is 10.1 Å². The first kappa shape index (κ1) is 16.5. The zero-order valence-electron chi connectivity index (χ0n) is 12.1. The molecule has 0 bridgehead atoms. The first-order chi connectivity index (χ1) is 9.96. The average Bonchev–Trinajstić information content (AvgIpc) is 2.96. The molecule has 2 saturated heterocycles. The van der Waals surface area contributed by atoms with Gasteiger partial charge in [-0.3, -0.25) is 4.79 Å². The molecule has 0 aliphatic carbocycles. The van der Waals surface area contributed by atoms with Crippen LogP contribution in [-0.2, 0) is 9.53 Å². The van der Waals surface area contributed by atoms with Crippen LogP contribution in [0, 0.1) is 5.92 Å². The number of ether oxygens (including phenoxy) is 1. The molecule has 0 spiro atoms. The molecule has 122 valence electrons. The Kier molecular flexibility index (Phi) is 5.87. The molecule has 2 fully saturated rings. The molecule has 1 unspecified atom stereocenters. The van der Waals surface area contributed by atoms with Gasteiger partial charge in [0.05, 0.1) is 13.0 Å². The minimum atomic E-state index is -4.32. The van der Waals surface area contributed by atoms with Gasteiger partial charge in [-0.1, -0.05) is 0 Å². The van der Waals surface area contributed by atoms with Crippen molar-refractivity contribution in [1.82, 2.24) is 10.2 Å². The second-order valence-electron chi connectivity index (χ2n) is 5.84. The summed E-state index contributed by atoms with van der Waals surface area (Å²) in [6, 6.07) is 0.581. The molecule has 1 N–H and O–H groups in total. The summed E-state index contributed by atoms with van der Waals surface area (Å²) >= 11 is 0. The quantitative estimate of drug-likeness (QED) is 0.789. The Labute approximate surface area is 123 Å². The first-order valence-corrected chi connectivity index (χ1v) is 7.61. The van der Waals surface area contributed by atoms with E-state index in [1.165, 1.54) is 12.8 Å². The second kappa shape index (κ2) is 7.45. The van der Waals surface area contributed by atoms with Crippen molar-refractivity contribution in [1.29, 1.82) is 0 Å². The molecule has 0 saturated carbocycles. The van der Waals surface area contributed by atoms with Gasteiger partial charge in [-0.05, 0) is 38.1 Å². The molecule has 4 nitrogen and oxygen atoms in total. The molecule has 2 aliphatic rings. The fourth-order valence-corrected chi connectivity index (χ4v) is 3.17. The van der Waals surface area contributed by atoms with Crippen LogP contribution in [0.3, 0.4) is 0 Å². The van der Waals surface area contributed by atoms with Crippen LogP contribution >= 0.6 is 0 Å². The fourth-order valence-electron chi connectivity index (χ4n) is 3.17. The summed E-state index contributed by atoms with van der Waals surface area (Å²) in [5.41, 5.74) is 0. The van der Waals surface area contributed by atoms with Crippen molar-refractivity contribution in [2.24, 2.45) is 5.92 Å². The third-order valence-corrected chi connectivity index (χ3v) is 4.29. The largest absolute Gasteiger partial charge is 0.411 e. The highest BCUT2D eigenvalue weighted by Gasteiger charge is 2.30. The number of hydrogen-bond acceptors (Lipinski definition) is 3. The Morgan fingerprint density at radius 3 is 2.52 bits per heavy atom. The fraction of sp³-hybridized carbons (Fsp3) is 0.929. The highest BCUT2D eigenvalue weighted by molar-refractivity contribution is 5.76. The van der Waals surface area contributed by atoms with E-state index >= 15 is 0 Å². The van der Waals surface area contributed by atoms with E-state index in [1.54, 1.807) is 4.90 Å². The van der Waals surface area contributed by atoms with Gasteiger partial charge in [0.25, 0.3) is 0 Å². The molecule has 0 aromatic heterocycles. The summed E-state index contributed by atoms with van der Waals surface area (Å²) in [4.78, 5) is 13.7. The summed E-state index contributed by atoms with van der Waals surface area (Å²) in [5.74, 6) is 0.521. The molecule has 0 aromatic rings. The van der Waals surface area contributed by atoms with Gasteiger partial charge >= 0.3 is 6.18 Å². The monoisotopic (exact) mass is 308 g/mol. The predicted octanol–water partition coefficient (Wildman–Crippen LogP) is 1.95. The zero-order chi connectivity index (χ0) is 15.3. The number of carbonyl (C=O) groups is 1. The molecule has 7 heteroatoms. The maximum atomic E-state index is 11.9. The van der Waals surface area contributed by atoms with E-state index in [9.17, 15) is 18.0 Å². The SMILES string of the molecule is O=C(CCOCC(F)(F)F)N1CCC(C2CCCN2)CC1. The van der Waals surface area contributed by atoms with Gasteiger partial charge in [0.15, 0.2) is 0 Å². The summed E-state index contributed by atoms with van der Waals surface area (Å²) in [5, 5.41) is 3.50. The lowest BCUT2D eigenvalue weighted by atomic mass is 9.88. The van der Waals surface area contributed by atoms with Gasteiger partial charge in [-0.15, -0.1) is 0 Å². The van der Waals surface area contributed by atoms with E-state index in [-0.39, 0.29) is 18.9 Å². The normalized spacial score (nSPS) is 24.5. The van der Waals surface area contributed by atoms with Gasteiger partial charge in [-0.25, -0.2) is 0 Å². The van der Waals surface area contributed by atoms with E-state index in [1.807, 2.05) is 0 Å². The lowest BCUT2D eigenvalue weighted by Gasteiger charge is -2.35. The van der Waals surface area contributed by atoms with Crippen molar-refractivity contribution in [3.63, 3.8) is 0 Å². The molecular formula is C14H23F3N2O2. The van der Waals surface area contributed by atoms with Crippen molar-refractivity contribution in [3.8, 4) is 0 Å². The third kappa shape index (κ3) is 5.47. The number of amides is 1. The van der Waals surface area contributed by atoms with Crippen LogP contribution < -0.4 is 5.32 Å². The van der Waals surface area contributed by atoms with E-state index in [4.69, 9.17) is 0 Å². The van der Waals surface area contributed by atoms with Crippen molar-refractivity contribution in [2.45, 2.75) is 44.3 Å². The average molecular weight is 308 g/mol. The maximum Gasteiger partial charge on any atom is 0.411 e. The summed E-state index contributed by atoms with van der Waals surface area (Å²) in [6.45, 7) is 1.06. The molecular weight excluding hydrogens is 285 g/mol. The number of nitrogens with zero attached hydrogens (tertiary/aromatic N) is 1. The highest BCUT2D eigenvalue weighted by Crippen LogP contribution is 2.25. The molecule has 0 radical (unpaired) electrons. The van der Waals surface area contributed by atoms with Gasteiger partial charge in [0, 0.05) is 19.1 Å². The highest BCUT2D eigenvalue weighted by atomic mass is 19.4. The van der Waals surface area contributed by atoms with E-state index in [0.29, 0.717) is 25.0 Å². The molecule has 1 atom stereocenters. The smallest absolute Gasteiger partial charge is 0.372 e. The molecule has 2 aliphatic heterocycles. The zero-order valence-corrected chi connectivity index (χ0v) is 12.1. The van der Waals surface area contributed by atoms with Crippen LogP contribution in [0.15, 0.2) is 0 Å². The van der Waals surface area contributed by atoms with E-state index < -0.39 is 12.8 Å². The second-order valence-corrected chi connectivity index (χ2v) is 5.84. The van der Waals surface area contributed by atoms with Crippen LogP contribution in [-0.4, -0.2) is 55.9 Å². The van der Waals surface area contributed by atoms with Gasteiger partial charge in [0.2, 0.25) is 5.91 Å². The summed E-state index contributed by atoms with van der Waals surface area (Å²) < 4.78 is 40.2. The van der Waals surface area contributed by atoms with Crippen LogP contribution in [0.4, 0.5) is 13.2 Å². The van der Waals surface area contributed by atoms with Crippen LogP contribution in [0.1, 0.15) is 32.1 Å². The van der Waals surface area contributed by atoms with Gasteiger partial charge in [-0.2, -0.15) is 13.2 Å². The molecule has 0 aromatic carbocycles. The number of likely N-dealkylation sites (tertiary alicyclic amines) is 1. The Morgan fingerprint density at radius 2 is 1.95 bits per heavy atom. The Hall–Kier alpha value is -0.820. The van der Waals surface area contributed by atoms with Crippen molar-refractivity contribution in [2.75, 3.05) is 32.8 Å². The van der Waals surface area contributed by atoms with Crippen molar-refractivity contribution in [3.05, 3.63) is 0 Å². The number of piperidine rings is 1. The topological polar surface area (TPSA) is 41.6 Å². The lowest BCUT2D eigenvalue weighted by Crippen LogP contribution is -2.43. The summed E-state index contributed by atoms with van der Waals surface area (Å²) in [7, 11) is 0. The van der Waals surface area contributed by atoms with E-state index in [0.717, 1.165) is 19.4 Å². The first-order valence-electron chi connectivity index (χ1n) is 7.61. The Bertz CT molecular complexity index is 336. The van der Waals surface area contributed by atoms with Gasteiger partial charge in [0.1, 0.15) is 6.61 Å². The predicted molar refractivity (Wildman–Crippen MR) is 71.8 cm³/mol. The number of nitrogens with one attached hydrogen (secondary N) is 1. The lowest BCUT2D eigenvalue weighted by molar-refractivity contribution is -0.175. The van der Waals surface area contributed by atoms with Crippen LogP contribution in [0.2, 0.25) is 0 Å². The number of carbonyl (C=O) groups excluding carboxylic acids is 1. The molecule has 2 heterocycles. The Balaban J connectivity index is 1.61. The maximum absolute atomic E-state index is 11.9. The summed E-state index contributed by atoms with van der Waals surface area (Å²) in [6.07, 6.45) is 0.0992. The Morgan fingerprint density at radius 1 is 1.24 bits per heavy atom. The van der Waals surface area contributed by atoms with Crippen LogP contribution in [0.25, 0.3) is 0 Å². The standard InChI is InChI=1S/C14H23F3N2O2/c15-14(16,17)10-21-9-5-13(20)19-7-3-11(4-8-19)12-2-1-6-18-12/h11-12,18H,1-10H2. The van der Waals surface area contributed by atoms with Crippen molar-refractivity contribution < 1.29 is 22.7 Å². The number of halogens is 3. The molecule has 21 heavy (non-hydrogen) atoms. The minimum absolute atomic E-state index is 0.0302. The molecule has 2 rings (SSSR count). The van der Waals surface area contributed by atoms with Crippen molar-refractivity contribution >= 4 is 5.91 Å². The number of rotatable bonds is 5. The number of alkyl halides is 3. The minimum Gasteiger partial charge on any atom is -0.372 e. The van der Waals surface area contributed by atoms with Crippen LogP contribution in [0.5, 0.6) is 0 Å². The molecule has 1 amide bonds. The number of hydrogen-bond donors (Lipinski definition) is 1. The third-order valence-electron chi connectivity index (χ3n) is 4.29.